The van der Waals surface area contributed by atoms with Crippen LogP contribution in [-0.2, 0) is 4.79 Å². The van der Waals surface area contributed by atoms with E-state index in [1.807, 2.05) is 0 Å². The van der Waals surface area contributed by atoms with Crippen molar-refractivity contribution < 1.29 is 14.4 Å². The van der Waals surface area contributed by atoms with E-state index in [0.29, 0.717) is 22.8 Å². The van der Waals surface area contributed by atoms with Crippen LogP contribution in [0.5, 0.6) is 0 Å². The van der Waals surface area contributed by atoms with Crippen molar-refractivity contribution in [3.05, 3.63) is 35.4 Å². The normalized spacial score (nSPS) is 17.2. The number of imide groups is 1. The average Bonchev–Trinajstić information content (AvgIpc) is 3.03. The number of amides is 3. The predicted octanol–water partition coefficient (Wildman–Crippen LogP) is 0.502. The Balaban J connectivity index is 1.71. The van der Waals surface area contributed by atoms with E-state index in [1.165, 1.54) is 11.8 Å². The molecule has 7 heteroatoms. The van der Waals surface area contributed by atoms with Gasteiger partial charge in [-0.25, -0.2) is 0 Å². The Morgan fingerprint density at radius 1 is 1.25 bits per heavy atom. The van der Waals surface area contributed by atoms with Gasteiger partial charge in [-0.05, 0) is 12.1 Å². The van der Waals surface area contributed by atoms with Crippen LogP contribution in [-0.4, -0.2) is 46.6 Å². The summed E-state index contributed by atoms with van der Waals surface area (Å²) in [4.78, 5) is 41.0. The number of hydrogen-bond acceptors (Lipinski definition) is 5. The fraction of sp³-hybridized carbons (Fsp3) is 0.231. The van der Waals surface area contributed by atoms with E-state index in [1.54, 1.807) is 24.3 Å². The third kappa shape index (κ3) is 2.20. The maximum Gasteiger partial charge on any atom is 0.262 e. The first-order valence-electron chi connectivity index (χ1n) is 6.09. The van der Waals surface area contributed by atoms with Crippen LogP contribution in [0.15, 0.2) is 29.3 Å². The molecule has 1 N–H and O–H groups in total. The van der Waals surface area contributed by atoms with Crippen molar-refractivity contribution in [1.82, 2.24) is 10.2 Å². The highest BCUT2D eigenvalue weighted by Crippen LogP contribution is 2.22. The molecule has 2 aliphatic heterocycles. The molecule has 0 atom stereocenters. The Morgan fingerprint density at radius 3 is 2.45 bits per heavy atom. The second kappa shape index (κ2) is 5.09. The molecule has 0 fully saturated rings. The maximum absolute atomic E-state index is 12.1. The number of nitrogens with zero attached hydrogens (tertiary/aromatic N) is 2. The quantitative estimate of drug-likeness (QED) is 0.804. The lowest BCUT2D eigenvalue weighted by Crippen LogP contribution is -2.41. The summed E-state index contributed by atoms with van der Waals surface area (Å²) in [6.07, 6.45) is 0. The van der Waals surface area contributed by atoms with Crippen molar-refractivity contribution in [1.29, 1.82) is 0 Å². The fourth-order valence-electron chi connectivity index (χ4n) is 2.10. The second-order valence-electron chi connectivity index (χ2n) is 4.33. The number of carbonyl (C=O) groups excluding carboxylic acids is 3. The van der Waals surface area contributed by atoms with Gasteiger partial charge >= 0.3 is 0 Å². The summed E-state index contributed by atoms with van der Waals surface area (Å²) in [6.45, 7) is 0.388. The van der Waals surface area contributed by atoms with Crippen LogP contribution in [0.25, 0.3) is 0 Å². The first kappa shape index (κ1) is 12.9. The van der Waals surface area contributed by atoms with Crippen molar-refractivity contribution in [2.45, 2.75) is 0 Å². The molecule has 20 heavy (non-hydrogen) atoms. The lowest BCUT2D eigenvalue weighted by Gasteiger charge is -2.13. The van der Waals surface area contributed by atoms with Gasteiger partial charge in [-0.2, -0.15) is 0 Å². The Hall–Kier alpha value is -2.15. The van der Waals surface area contributed by atoms with Crippen LogP contribution in [0.4, 0.5) is 0 Å². The number of carbonyl (C=O) groups is 3. The van der Waals surface area contributed by atoms with Gasteiger partial charge in [0.2, 0.25) is 5.91 Å². The summed E-state index contributed by atoms with van der Waals surface area (Å²) >= 11 is 1.45. The standard InChI is InChI=1S/C13H11N3O3S/c17-10(15-13-14-5-6-20-13)7-16-11(18)8-3-1-2-4-9(8)12(16)19/h1-4H,5-7H2,(H,14,15,17). The summed E-state index contributed by atoms with van der Waals surface area (Å²) in [5.41, 5.74) is 0.691. The molecule has 0 radical (unpaired) electrons. The molecule has 102 valence electrons. The van der Waals surface area contributed by atoms with Gasteiger partial charge < -0.3 is 5.32 Å². The predicted molar refractivity (Wildman–Crippen MR) is 74.7 cm³/mol. The van der Waals surface area contributed by atoms with Gasteiger partial charge in [-0.1, -0.05) is 23.9 Å². The molecule has 0 saturated carbocycles. The van der Waals surface area contributed by atoms with Gasteiger partial charge in [0.05, 0.1) is 17.7 Å². The maximum atomic E-state index is 12.1. The van der Waals surface area contributed by atoms with Crippen molar-refractivity contribution in [3.8, 4) is 0 Å². The zero-order valence-electron chi connectivity index (χ0n) is 10.5. The van der Waals surface area contributed by atoms with E-state index < -0.39 is 17.7 Å². The number of thioether (sulfide) groups is 1. The number of fused-ring (bicyclic) bond motifs is 1. The molecule has 0 aliphatic carbocycles. The molecule has 2 aliphatic rings. The number of rotatable bonds is 2. The summed E-state index contributed by atoms with van der Waals surface area (Å²) in [5, 5.41) is 3.15. The van der Waals surface area contributed by atoms with Crippen LogP contribution in [0.1, 0.15) is 20.7 Å². The molecule has 0 bridgehead atoms. The van der Waals surface area contributed by atoms with Gasteiger partial charge in [0.25, 0.3) is 11.8 Å². The first-order valence-corrected chi connectivity index (χ1v) is 7.07. The minimum absolute atomic E-state index is 0.286. The van der Waals surface area contributed by atoms with E-state index in [0.717, 1.165) is 10.7 Å². The molecule has 2 heterocycles. The zero-order valence-corrected chi connectivity index (χ0v) is 11.3. The largest absolute Gasteiger partial charge is 0.304 e. The Kier molecular flexibility index (Phi) is 3.27. The lowest BCUT2D eigenvalue weighted by atomic mass is 10.1. The number of hydrogen-bond donors (Lipinski definition) is 1. The molecule has 3 rings (SSSR count). The van der Waals surface area contributed by atoms with Gasteiger partial charge in [-0.15, -0.1) is 0 Å². The van der Waals surface area contributed by atoms with Gasteiger partial charge in [-0.3, -0.25) is 24.3 Å². The minimum Gasteiger partial charge on any atom is -0.304 e. The second-order valence-corrected chi connectivity index (χ2v) is 5.41. The monoisotopic (exact) mass is 289 g/mol. The summed E-state index contributed by atoms with van der Waals surface area (Å²) < 4.78 is 0. The average molecular weight is 289 g/mol. The highest BCUT2D eigenvalue weighted by molar-refractivity contribution is 8.14. The lowest BCUT2D eigenvalue weighted by molar-refractivity contribution is -0.119. The van der Waals surface area contributed by atoms with E-state index in [4.69, 9.17) is 0 Å². The summed E-state index contributed by atoms with van der Waals surface area (Å²) in [5.74, 6) is -0.431. The SMILES string of the molecule is O=C(CN1C(=O)c2ccccc2C1=O)NC1=NCCS1. The number of nitrogens with one attached hydrogen (secondary N) is 1. The van der Waals surface area contributed by atoms with Gasteiger partial charge in [0, 0.05) is 5.75 Å². The van der Waals surface area contributed by atoms with Crippen molar-refractivity contribution in [3.63, 3.8) is 0 Å². The van der Waals surface area contributed by atoms with E-state index in [2.05, 4.69) is 10.3 Å². The van der Waals surface area contributed by atoms with E-state index >= 15 is 0 Å². The highest BCUT2D eigenvalue weighted by atomic mass is 32.2. The third-order valence-electron chi connectivity index (χ3n) is 3.01. The molecule has 1 aromatic carbocycles. The van der Waals surface area contributed by atoms with Crippen molar-refractivity contribution in [2.24, 2.45) is 4.99 Å². The smallest absolute Gasteiger partial charge is 0.262 e. The molecule has 3 amide bonds. The minimum atomic E-state index is -0.429. The number of amidine groups is 1. The van der Waals surface area contributed by atoms with Crippen LogP contribution in [0.3, 0.4) is 0 Å². The Bertz CT molecular complexity index is 607. The molecule has 0 saturated heterocycles. The summed E-state index contributed by atoms with van der Waals surface area (Å²) in [7, 11) is 0. The Morgan fingerprint density at radius 2 is 1.90 bits per heavy atom. The van der Waals surface area contributed by atoms with Crippen molar-refractivity contribution in [2.75, 3.05) is 18.8 Å². The van der Waals surface area contributed by atoms with Crippen LogP contribution >= 0.6 is 11.8 Å². The molecule has 1 aromatic rings. The van der Waals surface area contributed by atoms with Crippen LogP contribution in [0, 0.1) is 0 Å². The topological polar surface area (TPSA) is 78.8 Å². The first-order chi connectivity index (χ1) is 9.66. The zero-order chi connectivity index (χ0) is 14.1. The van der Waals surface area contributed by atoms with E-state index in [9.17, 15) is 14.4 Å². The van der Waals surface area contributed by atoms with Crippen LogP contribution in [0.2, 0.25) is 0 Å². The fourth-order valence-corrected chi connectivity index (χ4v) is 2.84. The molecule has 0 unspecified atom stereocenters. The van der Waals surface area contributed by atoms with Gasteiger partial charge in [0.1, 0.15) is 6.54 Å². The molecular weight excluding hydrogens is 278 g/mol. The number of aliphatic imine (C=N–C) groups is 1. The molecular formula is C13H11N3O3S. The molecule has 0 spiro atoms. The molecule has 0 aromatic heterocycles. The Labute approximate surface area is 119 Å². The van der Waals surface area contributed by atoms with E-state index in [-0.39, 0.29) is 6.54 Å². The molecule has 6 nitrogen and oxygen atoms in total. The van der Waals surface area contributed by atoms with Gasteiger partial charge in [0.15, 0.2) is 5.17 Å². The number of benzene rings is 1. The third-order valence-corrected chi connectivity index (χ3v) is 3.90. The summed E-state index contributed by atoms with van der Waals surface area (Å²) in [6, 6.07) is 6.56. The van der Waals surface area contributed by atoms with Crippen LogP contribution < -0.4 is 5.32 Å². The highest BCUT2D eigenvalue weighted by Gasteiger charge is 2.36. The van der Waals surface area contributed by atoms with Crippen molar-refractivity contribution >= 4 is 34.7 Å².